The molecule has 0 spiro atoms. The average Bonchev–Trinajstić information content (AvgIpc) is 3.10. The summed E-state index contributed by atoms with van der Waals surface area (Å²) in [5, 5.41) is 0. The van der Waals surface area contributed by atoms with E-state index in [0.29, 0.717) is 0 Å². The standard InChI is InChI=1S/C18H20F4O3/c1-5-6-11-12(18(11,2)3)17(23)25-8-10-15(21)13(19)9(7-24-4)14(20)16(10)22/h5-6,11-12H,7-8H2,1-4H3/b6-5+. The van der Waals surface area contributed by atoms with Crippen molar-refractivity contribution in [3.63, 3.8) is 0 Å². The number of allylic oxidation sites excluding steroid dienone is 2. The molecule has 7 heteroatoms. The van der Waals surface area contributed by atoms with Crippen LogP contribution in [0.4, 0.5) is 17.6 Å². The molecule has 0 heterocycles. The zero-order valence-electron chi connectivity index (χ0n) is 14.5. The molecule has 1 aromatic rings. The van der Waals surface area contributed by atoms with Gasteiger partial charge in [-0.15, -0.1) is 0 Å². The van der Waals surface area contributed by atoms with Gasteiger partial charge in [0.05, 0.1) is 23.7 Å². The minimum absolute atomic E-state index is 0.0442. The molecule has 3 nitrogen and oxygen atoms in total. The molecule has 0 saturated heterocycles. The number of ether oxygens (including phenoxy) is 2. The van der Waals surface area contributed by atoms with Gasteiger partial charge in [-0.3, -0.25) is 4.79 Å². The monoisotopic (exact) mass is 360 g/mol. The topological polar surface area (TPSA) is 35.5 Å². The largest absolute Gasteiger partial charge is 0.460 e. The van der Waals surface area contributed by atoms with Crippen LogP contribution in [0, 0.1) is 40.5 Å². The van der Waals surface area contributed by atoms with Gasteiger partial charge < -0.3 is 9.47 Å². The molecule has 0 aromatic heterocycles. The van der Waals surface area contributed by atoms with Gasteiger partial charge in [0.2, 0.25) is 0 Å². The first-order valence-corrected chi connectivity index (χ1v) is 7.80. The lowest BCUT2D eigenvalue weighted by molar-refractivity contribution is -0.147. The highest BCUT2D eigenvalue weighted by atomic mass is 19.2. The van der Waals surface area contributed by atoms with Gasteiger partial charge >= 0.3 is 5.97 Å². The van der Waals surface area contributed by atoms with Crippen molar-refractivity contribution in [2.24, 2.45) is 17.3 Å². The molecule has 2 unspecified atom stereocenters. The predicted octanol–water partition coefficient (Wildman–Crippen LogP) is 4.28. The second-order valence-corrected chi connectivity index (χ2v) is 6.60. The highest BCUT2D eigenvalue weighted by molar-refractivity contribution is 5.78. The maximum absolute atomic E-state index is 14.0. The average molecular weight is 360 g/mol. The van der Waals surface area contributed by atoms with E-state index in [1.807, 2.05) is 26.8 Å². The minimum atomic E-state index is -1.58. The Morgan fingerprint density at radius 1 is 1.04 bits per heavy atom. The number of hydrogen-bond donors (Lipinski definition) is 0. The van der Waals surface area contributed by atoms with E-state index in [9.17, 15) is 22.4 Å². The summed E-state index contributed by atoms with van der Waals surface area (Å²) in [6, 6.07) is 0. The first-order chi connectivity index (χ1) is 11.7. The molecule has 1 aliphatic carbocycles. The predicted molar refractivity (Wildman–Crippen MR) is 82.4 cm³/mol. The number of esters is 1. The zero-order chi connectivity index (χ0) is 18.9. The molecule has 1 aromatic carbocycles. The summed E-state index contributed by atoms with van der Waals surface area (Å²) in [6.07, 6.45) is 3.66. The lowest BCUT2D eigenvalue weighted by Crippen LogP contribution is -2.15. The SMILES string of the molecule is C/C=C/C1C(C(=O)OCc2c(F)c(F)c(COC)c(F)c2F)C1(C)C. The Bertz CT molecular complexity index is 684. The van der Waals surface area contributed by atoms with E-state index in [4.69, 9.17) is 4.74 Å². The number of benzene rings is 1. The first kappa shape index (κ1) is 19.4. The van der Waals surface area contributed by atoms with Gasteiger partial charge in [0, 0.05) is 7.11 Å². The summed E-state index contributed by atoms with van der Waals surface area (Å²) in [5.41, 5.74) is -2.13. The molecule has 0 bridgehead atoms. The van der Waals surface area contributed by atoms with Crippen LogP contribution in [0.5, 0.6) is 0 Å². The third kappa shape index (κ3) is 3.42. The van der Waals surface area contributed by atoms with E-state index >= 15 is 0 Å². The molecule has 2 rings (SSSR count). The van der Waals surface area contributed by atoms with Crippen LogP contribution >= 0.6 is 0 Å². The molecule has 0 aliphatic heterocycles. The van der Waals surface area contributed by atoms with Gasteiger partial charge in [-0.1, -0.05) is 26.0 Å². The second-order valence-electron chi connectivity index (χ2n) is 6.60. The summed E-state index contributed by atoms with van der Waals surface area (Å²) in [7, 11) is 1.14. The summed E-state index contributed by atoms with van der Waals surface area (Å²) in [6.45, 7) is 4.04. The number of hydrogen-bond acceptors (Lipinski definition) is 3. The van der Waals surface area contributed by atoms with Gasteiger partial charge in [-0.05, 0) is 18.3 Å². The molecular weight excluding hydrogens is 340 g/mol. The Morgan fingerprint density at radius 3 is 1.96 bits per heavy atom. The van der Waals surface area contributed by atoms with E-state index in [1.54, 1.807) is 6.08 Å². The van der Waals surface area contributed by atoms with Gasteiger partial charge in [0.15, 0.2) is 23.3 Å². The van der Waals surface area contributed by atoms with Crippen LogP contribution in [0.1, 0.15) is 31.9 Å². The highest BCUT2D eigenvalue weighted by Crippen LogP contribution is 2.59. The third-order valence-electron chi connectivity index (χ3n) is 4.66. The van der Waals surface area contributed by atoms with Gasteiger partial charge in [0.25, 0.3) is 0 Å². The zero-order valence-corrected chi connectivity index (χ0v) is 14.5. The fourth-order valence-electron chi connectivity index (χ4n) is 3.05. The second kappa shape index (κ2) is 7.15. The van der Waals surface area contributed by atoms with Gasteiger partial charge in [0.1, 0.15) is 6.61 Å². The van der Waals surface area contributed by atoms with Crippen LogP contribution in [0.3, 0.4) is 0 Å². The van der Waals surface area contributed by atoms with Crippen molar-refractivity contribution in [1.82, 2.24) is 0 Å². The van der Waals surface area contributed by atoms with Crippen molar-refractivity contribution in [3.05, 3.63) is 46.5 Å². The summed E-state index contributed by atoms with van der Waals surface area (Å²) in [4.78, 5) is 12.1. The summed E-state index contributed by atoms with van der Waals surface area (Å²) in [5.74, 6) is -7.43. The Labute approximate surface area is 143 Å². The number of halogens is 4. The van der Waals surface area contributed by atoms with Crippen molar-refractivity contribution >= 4 is 5.97 Å². The molecule has 138 valence electrons. The van der Waals surface area contributed by atoms with Gasteiger partial charge in [-0.2, -0.15) is 0 Å². The fraction of sp³-hybridized carbons (Fsp3) is 0.500. The van der Waals surface area contributed by atoms with Crippen LogP contribution in [-0.2, 0) is 27.5 Å². The first-order valence-electron chi connectivity index (χ1n) is 7.80. The van der Waals surface area contributed by atoms with E-state index < -0.39 is 59.5 Å². The van der Waals surface area contributed by atoms with Crippen molar-refractivity contribution in [1.29, 1.82) is 0 Å². The van der Waals surface area contributed by atoms with Crippen LogP contribution in [0.2, 0.25) is 0 Å². The number of rotatable bonds is 6. The van der Waals surface area contributed by atoms with E-state index in [-0.39, 0.29) is 11.3 Å². The lowest BCUT2D eigenvalue weighted by atomic mass is 10.1. The molecule has 1 saturated carbocycles. The molecular formula is C18H20F4O3. The smallest absolute Gasteiger partial charge is 0.310 e. The number of methoxy groups -OCH3 is 1. The molecule has 0 N–H and O–H groups in total. The molecule has 2 atom stereocenters. The molecule has 0 radical (unpaired) electrons. The maximum Gasteiger partial charge on any atom is 0.310 e. The summed E-state index contributed by atoms with van der Waals surface area (Å²) >= 11 is 0. The third-order valence-corrected chi connectivity index (χ3v) is 4.66. The van der Waals surface area contributed by atoms with Crippen LogP contribution < -0.4 is 0 Å². The lowest BCUT2D eigenvalue weighted by Gasteiger charge is -2.12. The van der Waals surface area contributed by atoms with Crippen LogP contribution in [0.25, 0.3) is 0 Å². The van der Waals surface area contributed by atoms with Crippen LogP contribution in [-0.4, -0.2) is 13.1 Å². The van der Waals surface area contributed by atoms with Crippen LogP contribution in [0.15, 0.2) is 12.2 Å². The minimum Gasteiger partial charge on any atom is -0.460 e. The molecule has 1 fully saturated rings. The van der Waals surface area contributed by atoms with Crippen molar-refractivity contribution in [2.45, 2.75) is 34.0 Å². The molecule has 0 amide bonds. The van der Waals surface area contributed by atoms with E-state index in [2.05, 4.69) is 4.74 Å². The van der Waals surface area contributed by atoms with Crippen molar-refractivity contribution < 1.29 is 31.8 Å². The Morgan fingerprint density at radius 2 is 1.52 bits per heavy atom. The highest BCUT2D eigenvalue weighted by Gasteiger charge is 2.61. The Balaban J connectivity index is 2.18. The fourth-order valence-corrected chi connectivity index (χ4v) is 3.05. The number of carbonyl (C=O) groups excluding carboxylic acids is 1. The summed E-state index contributed by atoms with van der Waals surface area (Å²) < 4.78 is 65.2. The normalized spacial score (nSPS) is 21.6. The molecule has 1 aliphatic rings. The molecule has 25 heavy (non-hydrogen) atoms. The maximum atomic E-state index is 14.0. The van der Waals surface area contributed by atoms with Crippen molar-refractivity contribution in [3.8, 4) is 0 Å². The number of carbonyl (C=O) groups is 1. The quantitative estimate of drug-likeness (QED) is 0.329. The van der Waals surface area contributed by atoms with Gasteiger partial charge in [-0.25, -0.2) is 17.6 Å². The Hall–Kier alpha value is -1.89. The Kier molecular flexibility index (Phi) is 5.56. The van der Waals surface area contributed by atoms with Crippen molar-refractivity contribution in [2.75, 3.05) is 7.11 Å². The van der Waals surface area contributed by atoms with E-state index in [0.717, 1.165) is 7.11 Å². The van der Waals surface area contributed by atoms with E-state index in [1.165, 1.54) is 0 Å².